The second-order valence-electron chi connectivity index (χ2n) is 9.67. The molecular weight excluding hydrogens is 564 g/mol. The van der Waals surface area contributed by atoms with E-state index >= 15 is 0 Å². The average molecular weight is 595 g/mol. The van der Waals surface area contributed by atoms with Gasteiger partial charge in [-0.05, 0) is 61.7 Å². The number of aromatic nitrogens is 2. The number of methoxy groups -OCH3 is 3. The van der Waals surface area contributed by atoms with Gasteiger partial charge < -0.3 is 19.1 Å². The van der Waals surface area contributed by atoms with Gasteiger partial charge in [0.2, 0.25) is 11.9 Å². The first-order chi connectivity index (χ1) is 19.8. The topological polar surface area (TPSA) is 94.9 Å². The molecule has 1 fully saturated rings. The van der Waals surface area contributed by atoms with Gasteiger partial charge in [-0.3, -0.25) is 19.5 Å². The molecule has 0 spiro atoms. The Hall–Kier alpha value is -3.86. The number of halogens is 1. The van der Waals surface area contributed by atoms with Crippen LogP contribution in [0, 0.1) is 0 Å². The maximum atomic E-state index is 13.9. The van der Waals surface area contributed by atoms with Crippen LogP contribution < -0.4 is 14.8 Å². The van der Waals surface area contributed by atoms with Crippen LogP contribution in [0.5, 0.6) is 11.5 Å². The number of nitrogens with one attached hydrogen (secondary N) is 1. The van der Waals surface area contributed by atoms with E-state index in [4.69, 9.17) is 30.8 Å². The van der Waals surface area contributed by atoms with Crippen LogP contribution in [0.3, 0.4) is 0 Å². The number of ether oxygens (including phenoxy) is 3. The lowest BCUT2D eigenvalue weighted by molar-refractivity contribution is -0.148. The third-order valence-electron chi connectivity index (χ3n) is 7.20. The molecule has 41 heavy (non-hydrogen) atoms. The highest BCUT2D eigenvalue weighted by atomic mass is 35.5. The summed E-state index contributed by atoms with van der Waals surface area (Å²) in [6.07, 6.45) is 2.14. The minimum absolute atomic E-state index is 0.159. The molecule has 3 heterocycles. The molecule has 1 saturated heterocycles. The van der Waals surface area contributed by atoms with Crippen molar-refractivity contribution >= 4 is 40.7 Å². The van der Waals surface area contributed by atoms with Crippen molar-refractivity contribution in [3.63, 3.8) is 0 Å². The average Bonchev–Trinajstić information content (AvgIpc) is 3.71. The smallest absolute Gasteiger partial charge is 0.257 e. The normalized spacial score (nSPS) is 17.3. The fourth-order valence-electron chi connectivity index (χ4n) is 5.16. The number of rotatable bonds is 9. The predicted octanol–water partition coefficient (Wildman–Crippen LogP) is 5.98. The minimum Gasteiger partial charge on any atom is -0.493 e. The maximum Gasteiger partial charge on any atom is 0.257 e. The molecule has 1 aliphatic rings. The molecule has 5 rings (SSSR count). The predicted molar refractivity (Wildman–Crippen MR) is 159 cm³/mol. The van der Waals surface area contributed by atoms with Crippen LogP contribution >= 0.6 is 22.9 Å². The van der Waals surface area contributed by atoms with Gasteiger partial charge in [0.05, 0.1) is 23.4 Å². The van der Waals surface area contributed by atoms with E-state index in [0.29, 0.717) is 45.9 Å². The quantitative estimate of drug-likeness (QED) is 0.256. The number of anilines is 1. The molecule has 2 aromatic carbocycles. The Kier molecular flexibility index (Phi) is 8.63. The van der Waals surface area contributed by atoms with Gasteiger partial charge in [0.15, 0.2) is 17.6 Å². The molecule has 4 aromatic rings. The summed E-state index contributed by atoms with van der Waals surface area (Å²) in [6, 6.07) is 17.7. The van der Waals surface area contributed by atoms with Crippen molar-refractivity contribution in [3.05, 3.63) is 76.8 Å². The minimum atomic E-state index is -0.924. The first-order valence-corrected chi connectivity index (χ1v) is 14.3. The summed E-state index contributed by atoms with van der Waals surface area (Å²) >= 11 is 7.58. The zero-order valence-corrected chi connectivity index (χ0v) is 24.7. The highest BCUT2D eigenvalue weighted by molar-refractivity contribution is 7.19. The molecule has 1 aliphatic heterocycles. The van der Waals surface area contributed by atoms with E-state index in [1.54, 1.807) is 30.2 Å². The molecule has 214 valence electrons. The van der Waals surface area contributed by atoms with E-state index in [-0.39, 0.29) is 17.9 Å². The number of carbonyl (C=O) groups is 2. The molecule has 0 bridgehead atoms. The fourth-order valence-corrected chi connectivity index (χ4v) is 6.16. The number of hydrogen-bond acceptors (Lipinski definition) is 7. The van der Waals surface area contributed by atoms with Gasteiger partial charge in [-0.1, -0.05) is 35.9 Å². The van der Waals surface area contributed by atoms with Crippen molar-refractivity contribution in [2.24, 2.45) is 0 Å². The number of imidazole rings is 1. The molecule has 9 nitrogen and oxygen atoms in total. The van der Waals surface area contributed by atoms with Crippen molar-refractivity contribution in [2.75, 3.05) is 26.6 Å². The van der Waals surface area contributed by atoms with Crippen LogP contribution in [0.25, 0.3) is 16.3 Å². The maximum absolute atomic E-state index is 13.9. The van der Waals surface area contributed by atoms with Gasteiger partial charge >= 0.3 is 0 Å². The van der Waals surface area contributed by atoms with Crippen LogP contribution in [0.1, 0.15) is 31.4 Å². The van der Waals surface area contributed by atoms with Gasteiger partial charge in [0.25, 0.3) is 5.91 Å². The standard InChI is InChI=1S/C30H31ClN4O5S/c1-18-10-12-22(35(18)29(37)27(40-4)19-11-13-23(38-2)24(16-19)39-3)28(36)33-30-32-21(25-14-15-26(31)41-25)17-34(30)20-8-6-5-7-9-20/h5-9,11,13-18,22,27H,10,12H2,1-4H3,(H,32,33,36)/t18-,22+,27+/m0/s1. The van der Waals surface area contributed by atoms with Crippen LogP contribution in [-0.2, 0) is 14.3 Å². The van der Waals surface area contributed by atoms with Crippen molar-refractivity contribution in [1.82, 2.24) is 14.5 Å². The van der Waals surface area contributed by atoms with Crippen LogP contribution in [0.4, 0.5) is 5.95 Å². The van der Waals surface area contributed by atoms with E-state index in [9.17, 15) is 9.59 Å². The van der Waals surface area contributed by atoms with Crippen molar-refractivity contribution in [2.45, 2.75) is 38.0 Å². The van der Waals surface area contributed by atoms with Gasteiger partial charge in [0.1, 0.15) is 11.7 Å². The van der Waals surface area contributed by atoms with Gasteiger partial charge in [0, 0.05) is 25.0 Å². The molecule has 0 radical (unpaired) electrons. The number of nitrogens with zero attached hydrogens (tertiary/aromatic N) is 3. The summed E-state index contributed by atoms with van der Waals surface area (Å²) in [6.45, 7) is 1.94. The molecule has 3 atom stereocenters. The SMILES string of the molecule is COc1ccc([C@@H](OC)C(=O)N2[C@@H](C(=O)Nc3nc(-c4ccc(Cl)s4)cn3-c3ccccc3)CC[C@@H]2C)cc1OC. The van der Waals surface area contributed by atoms with Crippen LogP contribution in [-0.4, -0.2) is 59.7 Å². The van der Waals surface area contributed by atoms with Crippen LogP contribution in [0.15, 0.2) is 66.9 Å². The largest absolute Gasteiger partial charge is 0.493 e. The first kappa shape index (κ1) is 28.7. The summed E-state index contributed by atoms with van der Waals surface area (Å²) in [5, 5.41) is 3.00. The Bertz CT molecular complexity index is 1540. The van der Waals surface area contributed by atoms with Gasteiger partial charge in [-0.2, -0.15) is 0 Å². The third kappa shape index (κ3) is 5.81. The molecule has 1 N–H and O–H groups in total. The summed E-state index contributed by atoms with van der Waals surface area (Å²) in [4.78, 5) is 34.9. The molecule has 2 amide bonds. The Morgan fingerprint density at radius 2 is 1.78 bits per heavy atom. The summed E-state index contributed by atoms with van der Waals surface area (Å²) in [7, 11) is 4.56. The highest BCUT2D eigenvalue weighted by Gasteiger charge is 2.42. The number of amides is 2. The zero-order valence-electron chi connectivity index (χ0n) is 23.2. The lowest BCUT2D eigenvalue weighted by atomic mass is 10.1. The number of para-hydroxylation sites is 1. The number of carbonyl (C=O) groups excluding carboxylic acids is 2. The molecule has 0 saturated carbocycles. The number of thiophene rings is 1. The fraction of sp³-hybridized carbons (Fsp3) is 0.300. The number of hydrogen-bond donors (Lipinski definition) is 1. The highest BCUT2D eigenvalue weighted by Crippen LogP contribution is 2.35. The molecule has 11 heteroatoms. The molecular formula is C30H31ClN4O5S. The third-order valence-corrected chi connectivity index (χ3v) is 8.45. The monoisotopic (exact) mass is 594 g/mol. The lowest BCUT2D eigenvalue weighted by Gasteiger charge is -2.31. The van der Waals surface area contributed by atoms with Crippen LogP contribution in [0.2, 0.25) is 4.34 Å². The second kappa shape index (κ2) is 12.3. The lowest BCUT2D eigenvalue weighted by Crippen LogP contribution is -2.48. The molecule has 0 aliphatic carbocycles. The van der Waals surface area contributed by atoms with E-state index in [2.05, 4.69) is 5.32 Å². The summed E-state index contributed by atoms with van der Waals surface area (Å²) < 4.78 is 18.9. The van der Waals surface area contributed by atoms with E-state index in [0.717, 1.165) is 10.6 Å². The molecule has 0 unspecified atom stereocenters. The van der Waals surface area contributed by atoms with Crippen molar-refractivity contribution in [1.29, 1.82) is 0 Å². The first-order valence-electron chi connectivity index (χ1n) is 13.1. The Morgan fingerprint density at radius 3 is 2.44 bits per heavy atom. The number of benzene rings is 2. The van der Waals surface area contributed by atoms with Gasteiger partial charge in [-0.25, -0.2) is 4.98 Å². The van der Waals surface area contributed by atoms with Crippen molar-refractivity contribution in [3.8, 4) is 27.8 Å². The molecule has 2 aromatic heterocycles. The summed E-state index contributed by atoms with van der Waals surface area (Å²) in [5.41, 5.74) is 2.12. The summed E-state index contributed by atoms with van der Waals surface area (Å²) in [5.74, 6) is 0.770. The van der Waals surface area contributed by atoms with E-state index in [1.165, 1.54) is 25.6 Å². The van der Waals surface area contributed by atoms with Crippen molar-refractivity contribution < 1.29 is 23.8 Å². The van der Waals surface area contributed by atoms with E-state index in [1.807, 2.05) is 60.2 Å². The zero-order chi connectivity index (χ0) is 29.1. The Morgan fingerprint density at radius 1 is 1.02 bits per heavy atom. The Labute approximate surface area is 247 Å². The second-order valence-corrected chi connectivity index (χ2v) is 11.4. The van der Waals surface area contributed by atoms with Gasteiger partial charge in [-0.15, -0.1) is 11.3 Å². The van der Waals surface area contributed by atoms with E-state index < -0.39 is 12.1 Å². The number of likely N-dealkylation sites (tertiary alicyclic amines) is 1. The Balaban J connectivity index is 1.43.